The summed E-state index contributed by atoms with van der Waals surface area (Å²) in [6, 6.07) is 0. The molecule has 0 aliphatic carbocycles. The maximum absolute atomic E-state index is 11.1. The molecule has 0 heterocycles. The highest BCUT2D eigenvalue weighted by atomic mass is 16.6. The largest absolute Gasteiger partial charge is 0.367 e. The summed E-state index contributed by atoms with van der Waals surface area (Å²) in [7, 11) is 4.07. The molecule has 0 saturated carbocycles. The fraction of sp³-hybridized carbons (Fsp3) is 0.917. The molecule has 0 rings (SSSR count). The van der Waals surface area contributed by atoms with Gasteiger partial charge in [-0.05, 0) is 51.1 Å². The smallest absolute Gasteiger partial charge is 0.160 e. The van der Waals surface area contributed by atoms with Crippen LogP contribution in [0.3, 0.4) is 0 Å². The number of aliphatic hydroxyl groups excluding tert-OH is 1. The molecular weight excluding hydrogens is 334 g/mol. The highest BCUT2D eigenvalue weighted by molar-refractivity contribution is 4.97. The lowest BCUT2D eigenvalue weighted by Gasteiger charge is -2.50. The van der Waals surface area contributed by atoms with Crippen molar-refractivity contribution in [2.24, 2.45) is 16.2 Å². The summed E-state index contributed by atoms with van der Waals surface area (Å²) in [6.07, 6.45) is 11.7. The molecule has 0 radical (unpaired) electrons. The van der Waals surface area contributed by atoms with Gasteiger partial charge in [0.25, 0.3) is 0 Å². The van der Waals surface area contributed by atoms with Crippen LogP contribution < -0.4 is 0 Å². The zero-order chi connectivity index (χ0) is 21.1. The number of unbranched alkanes of at least 4 members (excludes halogenated alkanes) is 3. The minimum absolute atomic E-state index is 0.00543. The highest BCUT2D eigenvalue weighted by Gasteiger charge is 2.49. The lowest BCUT2D eigenvalue weighted by atomic mass is 9.57. The van der Waals surface area contributed by atoms with Gasteiger partial charge in [-0.25, -0.2) is 0 Å². The quantitative estimate of drug-likeness (QED) is 0.205. The number of hydrogen-bond donors (Lipinski definition) is 1. The number of ether oxygens (including phenoxy) is 1. The first-order chi connectivity index (χ1) is 12.4. The van der Waals surface area contributed by atoms with Gasteiger partial charge in [-0.15, -0.1) is 0 Å². The van der Waals surface area contributed by atoms with Crippen LogP contribution in [0.4, 0.5) is 0 Å². The minimum Gasteiger partial charge on any atom is -0.367 e. The second-order valence-electron chi connectivity index (χ2n) is 10.3. The van der Waals surface area contributed by atoms with Crippen molar-refractivity contribution in [3.8, 4) is 0 Å². The van der Waals surface area contributed by atoms with Gasteiger partial charge in [0.1, 0.15) is 0 Å². The zero-order valence-corrected chi connectivity index (χ0v) is 19.9. The van der Waals surface area contributed by atoms with E-state index in [1.54, 1.807) is 0 Å². The monoisotopic (exact) mass is 383 g/mol. The number of nitrogens with zero attached hydrogens (tertiary/aromatic N) is 1. The SMILES string of the molecule is CC=CCC(C)(C)CC(C)(C(O)OCCN(C)C)C(C)(C)CCCCCC. The van der Waals surface area contributed by atoms with Crippen LogP contribution in [0.1, 0.15) is 93.4 Å². The predicted molar refractivity (Wildman–Crippen MR) is 119 cm³/mol. The van der Waals surface area contributed by atoms with Gasteiger partial charge in [0, 0.05) is 12.0 Å². The predicted octanol–water partition coefficient (Wildman–Crippen LogP) is 6.27. The first kappa shape index (κ1) is 26.6. The van der Waals surface area contributed by atoms with E-state index in [9.17, 15) is 5.11 Å². The second-order valence-corrected chi connectivity index (χ2v) is 10.3. The summed E-state index contributed by atoms with van der Waals surface area (Å²) < 4.78 is 5.98. The molecule has 0 bridgehead atoms. The van der Waals surface area contributed by atoms with Gasteiger partial charge in [-0.1, -0.05) is 79.4 Å². The molecule has 0 aromatic heterocycles. The minimum atomic E-state index is -0.747. The van der Waals surface area contributed by atoms with Crippen LogP contribution in [0, 0.1) is 16.2 Å². The van der Waals surface area contributed by atoms with Crippen molar-refractivity contribution in [3.63, 3.8) is 0 Å². The van der Waals surface area contributed by atoms with Gasteiger partial charge in [-0.3, -0.25) is 0 Å². The highest BCUT2D eigenvalue weighted by Crippen LogP contribution is 2.52. The molecular formula is C24H49NO2. The maximum atomic E-state index is 11.1. The van der Waals surface area contributed by atoms with Crippen LogP contribution in [0.2, 0.25) is 0 Å². The van der Waals surface area contributed by atoms with E-state index in [-0.39, 0.29) is 16.2 Å². The number of allylic oxidation sites excluding steroid dienone is 2. The van der Waals surface area contributed by atoms with Crippen molar-refractivity contribution in [2.45, 2.75) is 99.7 Å². The third kappa shape index (κ3) is 9.58. The van der Waals surface area contributed by atoms with E-state index in [0.29, 0.717) is 6.61 Å². The molecule has 0 spiro atoms. The van der Waals surface area contributed by atoms with E-state index in [4.69, 9.17) is 4.74 Å². The van der Waals surface area contributed by atoms with E-state index < -0.39 is 6.29 Å². The van der Waals surface area contributed by atoms with Crippen LogP contribution in [-0.4, -0.2) is 43.5 Å². The van der Waals surface area contributed by atoms with Crippen molar-refractivity contribution >= 4 is 0 Å². The molecule has 0 aromatic carbocycles. The van der Waals surface area contributed by atoms with Crippen molar-refractivity contribution in [1.82, 2.24) is 4.90 Å². The van der Waals surface area contributed by atoms with Gasteiger partial charge in [-0.2, -0.15) is 0 Å². The van der Waals surface area contributed by atoms with Crippen molar-refractivity contribution < 1.29 is 9.84 Å². The molecule has 3 nitrogen and oxygen atoms in total. The number of rotatable bonds is 15. The van der Waals surface area contributed by atoms with Crippen LogP contribution in [0.25, 0.3) is 0 Å². The fourth-order valence-corrected chi connectivity index (χ4v) is 3.97. The average molecular weight is 384 g/mol. The van der Waals surface area contributed by atoms with E-state index in [1.165, 1.54) is 25.7 Å². The number of hydrogen-bond acceptors (Lipinski definition) is 3. The Bertz CT molecular complexity index is 415. The van der Waals surface area contributed by atoms with Crippen LogP contribution >= 0.6 is 0 Å². The Morgan fingerprint density at radius 3 is 2.19 bits per heavy atom. The topological polar surface area (TPSA) is 32.7 Å². The van der Waals surface area contributed by atoms with Gasteiger partial charge < -0.3 is 14.7 Å². The first-order valence-electron chi connectivity index (χ1n) is 11.0. The van der Waals surface area contributed by atoms with Crippen LogP contribution in [0.5, 0.6) is 0 Å². The van der Waals surface area contributed by atoms with Crippen molar-refractivity contribution in [1.29, 1.82) is 0 Å². The third-order valence-electron chi connectivity index (χ3n) is 6.31. The Balaban J connectivity index is 5.37. The zero-order valence-electron chi connectivity index (χ0n) is 19.9. The van der Waals surface area contributed by atoms with Gasteiger partial charge >= 0.3 is 0 Å². The Morgan fingerprint density at radius 1 is 1.04 bits per heavy atom. The molecule has 1 N–H and O–H groups in total. The van der Waals surface area contributed by atoms with E-state index in [1.807, 2.05) is 14.1 Å². The van der Waals surface area contributed by atoms with E-state index in [2.05, 4.69) is 65.5 Å². The van der Waals surface area contributed by atoms with Crippen LogP contribution in [-0.2, 0) is 4.74 Å². The molecule has 162 valence electrons. The number of aliphatic hydroxyl groups is 1. The molecule has 0 fully saturated rings. The molecule has 0 amide bonds. The van der Waals surface area contributed by atoms with Gasteiger partial charge in [0.15, 0.2) is 6.29 Å². The molecule has 0 aliphatic heterocycles. The number of likely N-dealkylation sites (N-methyl/N-ethyl adjacent to an activating group) is 1. The van der Waals surface area contributed by atoms with Gasteiger partial charge in [0.2, 0.25) is 0 Å². The summed E-state index contributed by atoms with van der Waals surface area (Å²) in [6.45, 7) is 17.2. The Kier molecular flexibility index (Phi) is 12.1. The molecule has 3 heteroatoms. The average Bonchev–Trinajstić information content (AvgIpc) is 2.56. The molecule has 2 atom stereocenters. The lowest BCUT2D eigenvalue weighted by molar-refractivity contribution is -0.218. The molecule has 2 unspecified atom stereocenters. The standard InChI is InChI=1S/C24H49NO2/c1-10-12-14-15-17-23(5,6)24(7,20-22(3,4)16-13-11-2)21(26)27-19-18-25(8)9/h11,13,21,26H,10,12,14-20H2,1-9H3. The Hall–Kier alpha value is -0.380. The van der Waals surface area contributed by atoms with Crippen molar-refractivity contribution in [3.05, 3.63) is 12.2 Å². The van der Waals surface area contributed by atoms with E-state index in [0.717, 1.165) is 25.8 Å². The molecule has 0 aliphatic rings. The molecule has 0 saturated heterocycles. The molecule has 27 heavy (non-hydrogen) atoms. The van der Waals surface area contributed by atoms with Crippen LogP contribution in [0.15, 0.2) is 12.2 Å². The van der Waals surface area contributed by atoms with Gasteiger partial charge in [0.05, 0.1) is 6.61 Å². The third-order valence-corrected chi connectivity index (χ3v) is 6.31. The summed E-state index contributed by atoms with van der Waals surface area (Å²) in [5.74, 6) is 0. The molecule has 0 aromatic rings. The second kappa shape index (κ2) is 12.2. The fourth-order valence-electron chi connectivity index (χ4n) is 3.97. The summed E-state index contributed by atoms with van der Waals surface area (Å²) in [4.78, 5) is 2.09. The van der Waals surface area contributed by atoms with E-state index >= 15 is 0 Å². The Labute approximate surface area is 170 Å². The normalized spacial score (nSPS) is 16.9. The first-order valence-corrected chi connectivity index (χ1v) is 11.0. The summed E-state index contributed by atoms with van der Waals surface area (Å²) in [5.41, 5.74) is -0.171. The Morgan fingerprint density at radius 2 is 1.67 bits per heavy atom. The summed E-state index contributed by atoms with van der Waals surface area (Å²) >= 11 is 0. The maximum Gasteiger partial charge on any atom is 0.160 e. The van der Waals surface area contributed by atoms with Crippen molar-refractivity contribution in [2.75, 3.05) is 27.2 Å². The summed E-state index contributed by atoms with van der Waals surface area (Å²) in [5, 5.41) is 11.1. The lowest BCUT2D eigenvalue weighted by Crippen LogP contribution is -2.49.